The molecule has 2 saturated heterocycles. The molecule has 8 nitrogen and oxygen atoms in total. The molecule has 0 aromatic rings. The number of likely N-dealkylation sites (N-methyl/N-ethyl adjacent to an activating group) is 1. The molecule has 8 heteroatoms. The molecule has 4 aliphatic rings. The predicted molar refractivity (Wildman–Crippen MR) is 85.8 cm³/mol. The van der Waals surface area contributed by atoms with E-state index in [1.54, 1.807) is 14.0 Å². The molecule has 2 N–H and O–H groups in total. The Kier molecular flexibility index (Phi) is 3.21. The van der Waals surface area contributed by atoms with E-state index in [9.17, 15) is 14.4 Å². The summed E-state index contributed by atoms with van der Waals surface area (Å²) in [5, 5.41) is 0. The molecule has 4 rings (SSSR count). The van der Waals surface area contributed by atoms with Crippen molar-refractivity contribution in [2.75, 3.05) is 27.3 Å². The number of carbonyl (C=O) groups is 3. The average molecular weight is 347 g/mol. The number of methoxy groups -OCH3 is 1. The van der Waals surface area contributed by atoms with Gasteiger partial charge in [-0.15, -0.1) is 0 Å². The van der Waals surface area contributed by atoms with E-state index in [0.29, 0.717) is 17.8 Å². The van der Waals surface area contributed by atoms with E-state index in [2.05, 4.69) is 4.90 Å². The molecule has 3 heterocycles. The van der Waals surface area contributed by atoms with Crippen molar-refractivity contribution in [1.82, 2.24) is 9.80 Å². The highest BCUT2D eigenvalue weighted by Crippen LogP contribution is 2.59. The molecule has 5 atom stereocenters. The Labute approximate surface area is 145 Å². The van der Waals surface area contributed by atoms with Crippen molar-refractivity contribution < 1.29 is 23.9 Å². The van der Waals surface area contributed by atoms with Crippen molar-refractivity contribution >= 4 is 17.5 Å². The summed E-state index contributed by atoms with van der Waals surface area (Å²) < 4.78 is 11.2. The van der Waals surface area contributed by atoms with Crippen LogP contribution in [-0.2, 0) is 23.9 Å². The minimum Gasteiger partial charge on any atom is -0.465 e. The minimum atomic E-state index is -0.893. The van der Waals surface area contributed by atoms with Gasteiger partial charge in [0.25, 0.3) is 0 Å². The summed E-state index contributed by atoms with van der Waals surface area (Å²) in [5.74, 6) is -1.61. The van der Waals surface area contributed by atoms with E-state index >= 15 is 0 Å². The number of piperazine rings is 1. The smallest absolute Gasteiger partial charge is 0.302 e. The number of esters is 1. The highest BCUT2D eigenvalue weighted by molar-refractivity contribution is 6.25. The monoisotopic (exact) mass is 347 g/mol. The van der Waals surface area contributed by atoms with Crippen LogP contribution in [0.5, 0.6) is 0 Å². The van der Waals surface area contributed by atoms with E-state index in [1.165, 1.54) is 6.92 Å². The molecule has 0 radical (unpaired) electrons. The van der Waals surface area contributed by atoms with Crippen LogP contribution in [0.3, 0.4) is 0 Å². The maximum Gasteiger partial charge on any atom is 0.302 e. The molecule has 3 aliphatic heterocycles. The van der Waals surface area contributed by atoms with Gasteiger partial charge in [-0.05, 0) is 14.0 Å². The van der Waals surface area contributed by atoms with Crippen LogP contribution in [0.2, 0.25) is 0 Å². The van der Waals surface area contributed by atoms with Crippen LogP contribution in [0.25, 0.3) is 0 Å². The average Bonchev–Trinajstić information content (AvgIpc) is 2.96. The number of nitrogens with zero attached hydrogens (tertiary/aromatic N) is 2. The maximum absolute atomic E-state index is 12.9. The van der Waals surface area contributed by atoms with E-state index in [0.717, 1.165) is 0 Å². The number of Topliss-reactive ketones (excluding diaryl/α,β-unsaturated/α-hetero) is 2. The Bertz CT molecular complexity index is 785. The van der Waals surface area contributed by atoms with E-state index < -0.39 is 17.6 Å². The Morgan fingerprint density at radius 1 is 1.36 bits per heavy atom. The van der Waals surface area contributed by atoms with Crippen LogP contribution in [-0.4, -0.2) is 72.5 Å². The highest BCUT2D eigenvalue weighted by Gasteiger charge is 2.75. The second kappa shape index (κ2) is 4.92. The van der Waals surface area contributed by atoms with Gasteiger partial charge >= 0.3 is 5.97 Å². The lowest BCUT2D eigenvalue weighted by Gasteiger charge is -2.40. The van der Waals surface area contributed by atoms with Gasteiger partial charge in [-0.2, -0.15) is 0 Å². The zero-order valence-corrected chi connectivity index (χ0v) is 14.7. The summed E-state index contributed by atoms with van der Waals surface area (Å²) in [5.41, 5.74) is 5.89. The van der Waals surface area contributed by atoms with Crippen molar-refractivity contribution in [3.63, 3.8) is 0 Å². The van der Waals surface area contributed by atoms with Crippen molar-refractivity contribution in [3.8, 4) is 0 Å². The summed E-state index contributed by atoms with van der Waals surface area (Å²) >= 11 is 0. The van der Waals surface area contributed by atoms with Crippen LogP contribution in [0.1, 0.15) is 13.8 Å². The number of carbonyl (C=O) groups excluding carboxylic acids is 3. The van der Waals surface area contributed by atoms with E-state index in [1.807, 2.05) is 11.9 Å². The van der Waals surface area contributed by atoms with E-state index in [4.69, 9.17) is 15.2 Å². The van der Waals surface area contributed by atoms with Gasteiger partial charge in [0.15, 0.2) is 5.72 Å². The Morgan fingerprint density at radius 2 is 2.04 bits per heavy atom. The van der Waals surface area contributed by atoms with Crippen LogP contribution < -0.4 is 5.73 Å². The molecule has 0 aromatic carbocycles. The molecule has 0 amide bonds. The van der Waals surface area contributed by atoms with Gasteiger partial charge in [-0.3, -0.25) is 19.3 Å². The van der Waals surface area contributed by atoms with Gasteiger partial charge in [0.2, 0.25) is 11.6 Å². The highest BCUT2D eigenvalue weighted by atomic mass is 16.5. The normalized spacial score (nSPS) is 38.8. The molecule has 0 aromatic heterocycles. The summed E-state index contributed by atoms with van der Waals surface area (Å²) in [4.78, 5) is 41.2. The first-order valence-corrected chi connectivity index (χ1v) is 8.25. The SMILES string of the molecule is CO[C@@]12[C@H](COC(C)=O)C3=C(C(=O)C(C)=C(N)C3=O)N1C[C@H]1[C@@H]2N1C. The number of allylic oxidation sites excluding steroid dienone is 2. The molecular weight excluding hydrogens is 326 g/mol. The number of nitrogens with two attached hydrogens (primary N) is 1. The molecule has 1 aliphatic carbocycles. The van der Waals surface area contributed by atoms with Gasteiger partial charge in [0.1, 0.15) is 6.61 Å². The first-order chi connectivity index (χ1) is 11.8. The third kappa shape index (κ3) is 1.76. The number of rotatable bonds is 3. The second-order valence-corrected chi connectivity index (χ2v) is 7.06. The summed E-state index contributed by atoms with van der Waals surface area (Å²) in [6, 6.07) is 0.283. The van der Waals surface area contributed by atoms with Crippen LogP contribution in [0.4, 0.5) is 0 Å². The minimum absolute atomic E-state index is 0.0269. The lowest BCUT2D eigenvalue weighted by molar-refractivity contribution is -0.160. The first-order valence-electron chi connectivity index (χ1n) is 8.25. The molecular formula is C17H21N3O5. The number of hydrogen-bond acceptors (Lipinski definition) is 8. The Hall–Kier alpha value is -2.19. The standard InChI is InChI=1S/C17H21N3O5/c1-7-12(18)15(23)11-9(6-25-8(2)21)17(24-4)16-10(19(16)3)5-20(17)13(11)14(7)22/h9-10,16H,5-6,18H2,1-4H3/t9-,10+,16+,17-,19?/m1/s1. The van der Waals surface area contributed by atoms with E-state index in [-0.39, 0.29) is 41.5 Å². The summed E-state index contributed by atoms with van der Waals surface area (Å²) in [6.45, 7) is 3.45. The lowest BCUT2D eigenvalue weighted by Crippen LogP contribution is -2.55. The third-order valence-electron chi connectivity index (χ3n) is 6.05. The second-order valence-electron chi connectivity index (χ2n) is 7.06. The molecule has 0 saturated carbocycles. The molecule has 1 unspecified atom stereocenters. The molecule has 0 spiro atoms. The van der Waals surface area contributed by atoms with Crippen molar-refractivity contribution in [3.05, 3.63) is 22.5 Å². The Morgan fingerprint density at radius 3 is 2.64 bits per heavy atom. The molecule has 25 heavy (non-hydrogen) atoms. The first kappa shape index (κ1) is 16.3. The molecule has 2 fully saturated rings. The zero-order chi connectivity index (χ0) is 18.3. The van der Waals surface area contributed by atoms with Crippen molar-refractivity contribution in [1.29, 1.82) is 0 Å². The third-order valence-corrected chi connectivity index (χ3v) is 6.05. The van der Waals surface area contributed by atoms with Gasteiger partial charge < -0.3 is 20.1 Å². The molecule has 134 valence electrons. The van der Waals surface area contributed by atoms with Crippen molar-refractivity contribution in [2.45, 2.75) is 31.7 Å². The zero-order valence-electron chi connectivity index (χ0n) is 14.7. The Balaban J connectivity index is 1.85. The van der Waals surface area contributed by atoms with Crippen LogP contribution in [0, 0.1) is 5.92 Å². The summed E-state index contributed by atoms with van der Waals surface area (Å²) in [6.07, 6.45) is 0. The van der Waals surface area contributed by atoms with Gasteiger partial charge in [0.05, 0.1) is 23.4 Å². The fourth-order valence-corrected chi connectivity index (χ4v) is 4.77. The fourth-order valence-electron chi connectivity index (χ4n) is 4.77. The topological polar surface area (TPSA) is 102 Å². The van der Waals surface area contributed by atoms with Gasteiger partial charge in [-0.25, -0.2) is 0 Å². The lowest BCUT2D eigenvalue weighted by atomic mass is 9.82. The predicted octanol–water partition coefficient (Wildman–Crippen LogP) is -0.841. The number of ketones is 2. The fraction of sp³-hybridized carbons (Fsp3) is 0.588. The van der Waals surface area contributed by atoms with Gasteiger partial charge in [-0.1, -0.05) is 0 Å². The van der Waals surface area contributed by atoms with Gasteiger partial charge in [0, 0.05) is 37.8 Å². The quantitative estimate of drug-likeness (QED) is 0.401. The maximum atomic E-state index is 12.9. The number of hydrogen-bond donors (Lipinski definition) is 1. The number of fused-ring (bicyclic) bond motifs is 4. The molecule has 0 bridgehead atoms. The largest absolute Gasteiger partial charge is 0.465 e. The van der Waals surface area contributed by atoms with Crippen molar-refractivity contribution in [2.24, 2.45) is 11.7 Å². The van der Waals surface area contributed by atoms with Crippen LogP contribution in [0.15, 0.2) is 22.5 Å². The summed E-state index contributed by atoms with van der Waals surface area (Å²) in [7, 11) is 3.55. The van der Waals surface area contributed by atoms with Crippen LogP contribution >= 0.6 is 0 Å². The number of ether oxygens (including phenoxy) is 2.